The Bertz CT molecular complexity index is 814. The predicted molar refractivity (Wildman–Crippen MR) is 101 cm³/mol. The normalized spacial score (nSPS) is 14.6. The Morgan fingerprint density at radius 1 is 1.28 bits per heavy atom. The van der Waals surface area contributed by atoms with Gasteiger partial charge in [-0.3, -0.25) is 9.59 Å². The molecule has 6 heteroatoms. The predicted octanol–water partition coefficient (Wildman–Crippen LogP) is 3.33. The molecule has 0 unspecified atom stereocenters. The van der Waals surface area contributed by atoms with Crippen LogP contribution in [0, 0.1) is 0 Å². The first-order valence-corrected chi connectivity index (χ1v) is 9.63. The van der Waals surface area contributed by atoms with Crippen LogP contribution < -0.4 is 10.9 Å². The summed E-state index contributed by atoms with van der Waals surface area (Å²) in [6, 6.07) is 7.84. The van der Waals surface area contributed by atoms with Gasteiger partial charge in [-0.2, -0.15) is 0 Å². The molecule has 5 nitrogen and oxygen atoms in total. The van der Waals surface area contributed by atoms with Crippen molar-refractivity contribution in [2.24, 2.45) is 0 Å². The minimum Gasteiger partial charge on any atom is -0.325 e. The van der Waals surface area contributed by atoms with Crippen LogP contribution in [-0.4, -0.2) is 21.1 Å². The number of thioether (sulfide) groups is 1. The molecule has 1 atom stereocenters. The fraction of sp³-hybridized carbons (Fsp3) is 0.421. The molecule has 0 saturated carbocycles. The first-order valence-electron chi connectivity index (χ1n) is 8.75. The standard InChI is InChI=1S/C19H23N3O2S/c1-3-13-8-10-14(11-9-13)20-17(23)12(2)25-19-21-16-7-5-4-6-15(16)18(24)22-19/h8-12H,3-7H2,1-2H3,(H,20,23)(H,21,22,24)/t12-/m1/s1. The van der Waals surface area contributed by atoms with Crippen LogP contribution in [0.3, 0.4) is 0 Å². The van der Waals surface area contributed by atoms with E-state index in [0.717, 1.165) is 49.0 Å². The van der Waals surface area contributed by atoms with Crippen molar-refractivity contribution in [1.82, 2.24) is 9.97 Å². The molecule has 0 aliphatic heterocycles. The molecule has 25 heavy (non-hydrogen) atoms. The van der Waals surface area contributed by atoms with Gasteiger partial charge in [0.1, 0.15) is 0 Å². The van der Waals surface area contributed by atoms with Gasteiger partial charge < -0.3 is 10.3 Å². The molecule has 1 aliphatic carbocycles. The summed E-state index contributed by atoms with van der Waals surface area (Å²) in [5, 5.41) is 3.08. The fourth-order valence-corrected chi connectivity index (χ4v) is 3.74. The van der Waals surface area contributed by atoms with Crippen molar-refractivity contribution in [3.63, 3.8) is 0 Å². The maximum atomic E-state index is 12.4. The summed E-state index contributed by atoms with van der Waals surface area (Å²) in [4.78, 5) is 31.9. The van der Waals surface area contributed by atoms with Crippen LogP contribution in [0.1, 0.15) is 43.5 Å². The van der Waals surface area contributed by atoms with Crippen LogP contribution in [0.15, 0.2) is 34.2 Å². The third kappa shape index (κ3) is 4.31. The Hall–Kier alpha value is -2.08. The number of aromatic nitrogens is 2. The molecule has 1 amide bonds. The first kappa shape index (κ1) is 17.7. The van der Waals surface area contributed by atoms with E-state index in [0.29, 0.717) is 5.16 Å². The van der Waals surface area contributed by atoms with E-state index < -0.39 is 0 Å². The first-order chi connectivity index (χ1) is 12.1. The number of hydrogen-bond donors (Lipinski definition) is 2. The molecule has 1 aromatic heterocycles. The van der Waals surface area contributed by atoms with Crippen molar-refractivity contribution in [3.05, 3.63) is 51.4 Å². The second-order valence-corrected chi connectivity index (χ2v) is 7.63. The summed E-state index contributed by atoms with van der Waals surface area (Å²) in [6.07, 6.45) is 4.72. The number of hydrogen-bond acceptors (Lipinski definition) is 4. The van der Waals surface area contributed by atoms with Crippen molar-refractivity contribution in [1.29, 1.82) is 0 Å². The zero-order valence-electron chi connectivity index (χ0n) is 14.6. The fourth-order valence-electron chi connectivity index (χ4n) is 2.92. The molecule has 0 saturated heterocycles. The van der Waals surface area contributed by atoms with E-state index in [1.165, 1.54) is 17.3 Å². The van der Waals surface area contributed by atoms with E-state index >= 15 is 0 Å². The molecule has 3 rings (SSSR count). The Labute approximate surface area is 151 Å². The topological polar surface area (TPSA) is 74.8 Å². The second kappa shape index (κ2) is 7.87. The second-order valence-electron chi connectivity index (χ2n) is 6.30. The van der Waals surface area contributed by atoms with Crippen LogP contribution in [0.25, 0.3) is 0 Å². The van der Waals surface area contributed by atoms with Gasteiger partial charge in [-0.05, 0) is 56.7 Å². The molecule has 1 aromatic carbocycles. The number of benzene rings is 1. The van der Waals surface area contributed by atoms with Crippen molar-refractivity contribution >= 4 is 23.4 Å². The van der Waals surface area contributed by atoms with E-state index in [9.17, 15) is 9.59 Å². The number of amides is 1. The Morgan fingerprint density at radius 2 is 2.00 bits per heavy atom. The van der Waals surface area contributed by atoms with Gasteiger partial charge in [0.2, 0.25) is 5.91 Å². The van der Waals surface area contributed by atoms with Crippen molar-refractivity contribution in [2.45, 2.75) is 56.4 Å². The van der Waals surface area contributed by atoms with Crippen LogP contribution in [0.4, 0.5) is 5.69 Å². The Morgan fingerprint density at radius 3 is 2.72 bits per heavy atom. The lowest BCUT2D eigenvalue weighted by molar-refractivity contribution is -0.115. The number of aryl methyl sites for hydroxylation is 2. The van der Waals surface area contributed by atoms with Crippen molar-refractivity contribution in [2.75, 3.05) is 5.32 Å². The molecule has 0 bridgehead atoms. The van der Waals surface area contributed by atoms with Crippen molar-refractivity contribution in [3.8, 4) is 0 Å². The maximum Gasteiger partial charge on any atom is 0.254 e. The smallest absolute Gasteiger partial charge is 0.254 e. The van der Waals surface area contributed by atoms with E-state index in [1.807, 2.05) is 31.2 Å². The molecular formula is C19H23N3O2S. The molecule has 1 aliphatic rings. The van der Waals surface area contributed by atoms with Crippen LogP contribution in [0.2, 0.25) is 0 Å². The van der Waals surface area contributed by atoms with Gasteiger partial charge in [-0.15, -0.1) is 0 Å². The molecule has 2 N–H and O–H groups in total. The minimum absolute atomic E-state index is 0.0602. The van der Waals surface area contributed by atoms with Gasteiger partial charge in [-0.1, -0.05) is 30.8 Å². The lowest BCUT2D eigenvalue weighted by Crippen LogP contribution is -2.25. The monoisotopic (exact) mass is 357 g/mol. The van der Waals surface area contributed by atoms with Gasteiger partial charge >= 0.3 is 0 Å². The number of carbonyl (C=O) groups excluding carboxylic acids is 1. The molecule has 132 valence electrons. The SMILES string of the molecule is CCc1ccc(NC(=O)[C@@H](C)Sc2nc3c(c(=O)[nH]2)CCCC3)cc1. The minimum atomic E-state index is -0.351. The molecule has 1 heterocycles. The average Bonchev–Trinajstić information content (AvgIpc) is 2.62. The molecule has 0 fully saturated rings. The quantitative estimate of drug-likeness (QED) is 0.636. The van der Waals surface area contributed by atoms with Crippen molar-refractivity contribution < 1.29 is 4.79 Å². The van der Waals surface area contributed by atoms with E-state index in [2.05, 4.69) is 22.2 Å². The third-order valence-corrected chi connectivity index (χ3v) is 5.44. The van der Waals surface area contributed by atoms with Gasteiger partial charge in [0.15, 0.2) is 5.16 Å². The number of nitrogens with zero attached hydrogens (tertiary/aromatic N) is 1. The lowest BCUT2D eigenvalue weighted by atomic mass is 9.97. The number of aromatic amines is 1. The number of nitrogens with one attached hydrogen (secondary N) is 2. The number of carbonyl (C=O) groups is 1. The zero-order valence-corrected chi connectivity index (χ0v) is 15.4. The molecule has 0 spiro atoms. The maximum absolute atomic E-state index is 12.4. The largest absolute Gasteiger partial charge is 0.325 e. The molecule has 0 radical (unpaired) electrons. The molecule has 2 aromatic rings. The van der Waals surface area contributed by atoms with Gasteiger partial charge in [0.25, 0.3) is 5.56 Å². The summed E-state index contributed by atoms with van der Waals surface area (Å²) < 4.78 is 0. The van der Waals surface area contributed by atoms with Gasteiger partial charge in [0, 0.05) is 11.3 Å². The van der Waals surface area contributed by atoms with Crippen LogP contribution >= 0.6 is 11.8 Å². The van der Waals surface area contributed by atoms with Gasteiger partial charge in [0.05, 0.1) is 10.9 Å². The van der Waals surface area contributed by atoms with E-state index in [-0.39, 0.29) is 16.7 Å². The van der Waals surface area contributed by atoms with Crippen LogP contribution in [-0.2, 0) is 24.1 Å². The van der Waals surface area contributed by atoms with E-state index in [1.54, 1.807) is 0 Å². The number of H-pyrrole nitrogens is 1. The highest BCUT2D eigenvalue weighted by Crippen LogP contribution is 2.23. The average molecular weight is 357 g/mol. The number of rotatable bonds is 5. The van der Waals surface area contributed by atoms with Crippen LogP contribution in [0.5, 0.6) is 0 Å². The summed E-state index contributed by atoms with van der Waals surface area (Å²) in [5.41, 5.74) is 3.65. The Balaban J connectivity index is 1.66. The van der Waals surface area contributed by atoms with Gasteiger partial charge in [-0.25, -0.2) is 4.98 Å². The highest BCUT2D eigenvalue weighted by Gasteiger charge is 2.19. The Kier molecular flexibility index (Phi) is 5.58. The molecular weight excluding hydrogens is 334 g/mol. The summed E-state index contributed by atoms with van der Waals surface area (Å²) >= 11 is 1.29. The summed E-state index contributed by atoms with van der Waals surface area (Å²) in [5.74, 6) is -0.102. The summed E-state index contributed by atoms with van der Waals surface area (Å²) in [6.45, 7) is 3.92. The number of anilines is 1. The zero-order chi connectivity index (χ0) is 17.8. The highest BCUT2D eigenvalue weighted by atomic mass is 32.2. The van der Waals surface area contributed by atoms with E-state index in [4.69, 9.17) is 0 Å². The third-order valence-electron chi connectivity index (χ3n) is 4.46. The summed E-state index contributed by atoms with van der Waals surface area (Å²) in [7, 11) is 0. The lowest BCUT2D eigenvalue weighted by Gasteiger charge is -2.16. The highest BCUT2D eigenvalue weighted by molar-refractivity contribution is 8.00. The number of fused-ring (bicyclic) bond motifs is 1.